The van der Waals surface area contributed by atoms with Crippen molar-refractivity contribution in [1.82, 2.24) is 10.6 Å². The Bertz CT molecular complexity index is 450. The molecule has 2 rings (SSSR count). The molecule has 2 heterocycles. The van der Waals surface area contributed by atoms with Gasteiger partial charge in [-0.25, -0.2) is 0 Å². The van der Waals surface area contributed by atoms with Gasteiger partial charge in [-0.1, -0.05) is 0 Å². The van der Waals surface area contributed by atoms with E-state index in [0.717, 1.165) is 30.9 Å². The van der Waals surface area contributed by atoms with Gasteiger partial charge in [-0.3, -0.25) is 4.79 Å². The van der Waals surface area contributed by atoms with Crippen molar-refractivity contribution in [3.63, 3.8) is 0 Å². The minimum atomic E-state index is -0.216. The Morgan fingerprint density at radius 2 is 2.33 bits per heavy atom. The average molecular weight is 317 g/mol. The third-order valence-electron chi connectivity index (χ3n) is 3.75. The lowest BCUT2D eigenvalue weighted by Gasteiger charge is -2.28. The number of aryl methyl sites for hydroxylation is 1. The molecule has 1 aromatic heterocycles. The number of carbonyl (C=O) groups excluding carboxylic acids is 1. The molecule has 2 N–H and O–H groups in total. The number of halogens is 1. The SMILES string of the molecule is COCC(NC(=O)[C@H]1CCN[C@@H](C)C1)c1ccc(C)o1.Cl. The van der Waals surface area contributed by atoms with Crippen LogP contribution in [0.3, 0.4) is 0 Å². The molecule has 3 atom stereocenters. The van der Waals surface area contributed by atoms with E-state index in [2.05, 4.69) is 17.6 Å². The molecular formula is C15H25ClN2O3. The number of furan rings is 1. The average Bonchev–Trinajstić information content (AvgIpc) is 2.85. The number of piperidine rings is 1. The van der Waals surface area contributed by atoms with Crippen molar-refractivity contribution in [2.75, 3.05) is 20.3 Å². The number of methoxy groups -OCH3 is 1. The quantitative estimate of drug-likeness (QED) is 0.874. The molecular weight excluding hydrogens is 292 g/mol. The smallest absolute Gasteiger partial charge is 0.223 e. The third-order valence-corrected chi connectivity index (χ3v) is 3.75. The lowest BCUT2D eigenvalue weighted by atomic mass is 9.92. The highest BCUT2D eigenvalue weighted by Crippen LogP contribution is 2.20. The molecule has 0 saturated carbocycles. The van der Waals surface area contributed by atoms with E-state index in [-0.39, 0.29) is 30.3 Å². The first-order valence-electron chi connectivity index (χ1n) is 7.19. The van der Waals surface area contributed by atoms with Crippen LogP contribution in [0.5, 0.6) is 0 Å². The van der Waals surface area contributed by atoms with Gasteiger partial charge in [-0.05, 0) is 45.4 Å². The lowest BCUT2D eigenvalue weighted by Crippen LogP contribution is -2.43. The van der Waals surface area contributed by atoms with Crippen LogP contribution in [0, 0.1) is 12.8 Å². The molecule has 1 aliphatic heterocycles. The van der Waals surface area contributed by atoms with Gasteiger partial charge < -0.3 is 19.8 Å². The second-order valence-corrected chi connectivity index (χ2v) is 5.54. The maximum atomic E-state index is 12.4. The lowest BCUT2D eigenvalue weighted by molar-refractivity contribution is -0.127. The number of hydrogen-bond acceptors (Lipinski definition) is 4. The zero-order valence-electron chi connectivity index (χ0n) is 12.8. The summed E-state index contributed by atoms with van der Waals surface area (Å²) in [5.41, 5.74) is 0. The van der Waals surface area contributed by atoms with E-state index < -0.39 is 0 Å². The van der Waals surface area contributed by atoms with Gasteiger partial charge >= 0.3 is 0 Å². The van der Waals surface area contributed by atoms with Gasteiger partial charge in [-0.2, -0.15) is 0 Å². The summed E-state index contributed by atoms with van der Waals surface area (Å²) < 4.78 is 10.8. The molecule has 1 fully saturated rings. The van der Waals surface area contributed by atoms with Gasteiger partial charge in [0.15, 0.2) is 0 Å². The standard InChI is InChI=1S/C15H24N2O3.ClH/c1-10-8-12(6-7-16-10)15(18)17-13(9-19-3)14-5-4-11(2)20-14;/h4-5,10,12-13,16H,6-9H2,1-3H3,(H,17,18);1H/t10-,12-,13?;/m0./s1. The van der Waals surface area contributed by atoms with E-state index in [1.54, 1.807) is 7.11 Å². The Labute approximate surface area is 132 Å². The fourth-order valence-corrected chi connectivity index (χ4v) is 2.66. The minimum absolute atomic E-state index is 0. The van der Waals surface area contributed by atoms with Crippen LogP contribution in [0.1, 0.15) is 37.3 Å². The van der Waals surface area contributed by atoms with Gasteiger partial charge in [-0.15, -0.1) is 12.4 Å². The van der Waals surface area contributed by atoms with Crippen LogP contribution in [0.4, 0.5) is 0 Å². The van der Waals surface area contributed by atoms with Crippen LogP contribution < -0.4 is 10.6 Å². The van der Waals surface area contributed by atoms with Crippen molar-refractivity contribution in [3.8, 4) is 0 Å². The molecule has 0 aliphatic carbocycles. The number of ether oxygens (including phenoxy) is 1. The Morgan fingerprint density at radius 1 is 1.57 bits per heavy atom. The number of amides is 1. The molecule has 1 amide bonds. The molecule has 0 radical (unpaired) electrons. The first kappa shape index (κ1) is 18.0. The summed E-state index contributed by atoms with van der Waals surface area (Å²) in [7, 11) is 1.63. The van der Waals surface area contributed by atoms with Gasteiger partial charge in [0.2, 0.25) is 5.91 Å². The monoisotopic (exact) mass is 316 g/mol. The van der Waals surface area contributed by atoms with E-state index in [1.165, 1.54) is 0 Å². The summed E-state index contributed by atoms with van der Waals surface area (Å²) in [4.78, 5) is 12.4. The predicted octanol–water partition coefficient (Wildman–Crippen LogP) is 2.20. The Hall–Kier alpha value is -1.04. The molecule has 0 bridgehead atoms. The topological polar surface area (TPSA) is 63.5 Å². The molecule has 1 saturated heterocycles. The van der Waals surface area contributed by atoms with Gasteiger partial charge in [0.05, 0.1) is 6.61 Å². The Balaban J connectivity index is 0.00000220. The zero-order chi connectivity index (χ0) is 14.5. The van der Waals surface area contributed by atoms with E-state index >= 15 is 0 Å². The summed E-state index contributed by atoms with van der Waals surface area (Å²) in [6.45, 7) is 5.32. The molecule has 1 aromatic rings. The van der Waals surface area contributed by atoms with Crippen molar-refractivity contribution >= 4 is 18.3 Å². The van der Waals surface area contributed by atoms with Crippen molar-refractivity contribution in [2.45, 2.75) is 38.8 Å². The first-order valence-corrected chi connectivity index (χ1v) is 7.19. The van der Waals surface area contributed by atoms with Crippen LogP contribution in [-0.2, 0) is 9.53 Å². The highest BCUT2D eigenvalue weighted by Gasteiger charge is 2.27. The maximum absolute atomic E-state index is 12.4. The van der Waals surface area contributed by atoms with Crippen LogP contribution in [-0.4, -0.2) is 32.2 Å². The predicted molar refractivity (Wildman–Crippen MR) is 83.6 cm³/mol. The highest BCUT2D eigenvalue weighted by atomic mass is 35.5. The summed E-state index contributed by atoms with van der Waals surface area (Å²) >= 11 is 0. The summed E-state index contributed by atoms with van der Waals surface area (Å²) in [5.74, 6) is 1.75. The first-order chi connectivity index (χ1) is 9.60. The van der Waals surface area contributed by atoms with Crippen molar-refractivity contribution in [1.29, 1.82) is 0 Å². The summed E-state index contributed by atoms with van der Waals surface area (Å²) in [6, 6.07) is 3.97. The molecule has 1 unspecified atom stereocenters. The number of rotatable bonds is 5. The summed E-state index contributed by atoms with van der Waals surface area (Å²) in [6.07, 6.45) is 1.76. The van der Waals surface area contributed by atoms with Crippen molar-refractivity contribution in [3.05, 3.63) is 23.7 Å². The molecule has 5 nitrogen and oxygen atoms in total. The van der Waals surface area contributed by atoms with Crippen LogP contribution >= 0.6 is 12.4 Å². The van der Waals surface area contributed by atoms with E-state index in [1.807, 2.05) is 19.1 Å². The van der Waals surface area contributed by atoms with Crippen LogP contribution in [0.15, 0.2) is 16.5 Å². The second kappa shape index (κ2) is 8.41. The highest BCUT2D eigenvalue weighted by molar-refractivity contribution is 5.85. The van der Waals surface area contributed by atoms with E-state index in [9.17, 15) is 4.79 Å². The van der Waals surface area contributed by atoms with Crippen molar-refractivity contribution < 1.29 is 13.9 Å². The molecule has 1 aliphatic rings. The molecule has 21 heavy (non-hydrogen) atoms. The fourth-order valence-electron chi connectivity index (χ4n) is 2.66. The molecule has 120 valence electrons. The Morgan fingerprint density at radius 3 is 2.90 bits per heavy atom. The van der Waals surface area contributed by atoms with Gasteiger partial charge in [0.1, 0.15) is 17.6 Å². The second-order valence-electron chi connectivity index (χ2n) is 5.54. The third kappa shape index (κ3) is 5.02. The van der Waals surface area contributed by atoms with Crippen LogP contribution in [0.25, 0.3) is 0 Å². The largest absolute Gasteiger partial charge is 0.464 e. The number of carbonyl (C=O) groups is 1. The maximum Gasteiger partial charge on any atom is 0.223 e. The fraction of sp³-hybridized carbons (Fsp3) is 0.667. The normalized spacial score (nSPS) is 23.2. The minimum Gasteiger partial charge on any atom is -0.464 e. The number of hydrogen-bond donors (Lipinski definition) is 2. The Kier molecular flexibility index (Phi) is 7.22. The van der Waals surface area contributed by atoms with Crippen molar-refractivity contribution in [2.24, 2.45) is 5.92 Å². The number of nitrogens with one attached hydrogen (secondary N) is 2. The summed E-state index contributed by atoms with van der Waals surface area (Å²) in [5, 5.41) is 6.41. The van der Waals surface area contributed by atoms with E-state index in [4.69, 9.17) is 9.15 Å². The van der Waals surface area contributed by atoms with E-state index in [0.29, 0.717) is 12.6 Å². The molecule has 6 heteroatoms. The van der Waals surface area contributed by atoms with Gasteiger partial charge in [0.25, 0.3) is 0 Å². The van der Waals surface area contributed by atoms with Crippen LogP contribution in [0.2, 0.25) is 0 Å². The van der Waals surface area contributed by atoms with Gasteiger partial charge in [0, 0.05) is 19.1 Å². The molecule has 0 spiro atoms. The molecule has 0 aromatic carbocycles. The zero-order valence-corrected chi connectivity index (χ0v) is 13.7.